The first-order valence-electron chi connectivity index (χ1n) is 13.2. The third kappa shape index (κ3) is 7.52. The third-order valence-corrected chi connectivity index (χ3v) is 6.74. The van der Waals surface area contributed by atoms with Gasteiger partial charge in [0.25, 0.3) is 0 Å². The summed E-state index contributed by atoms with van der Waals surface area (Å²) in [5.41, 5.74) is -0.418. The minimum absolute atomic E-state index is 0.000716. The number of aromatic nitrogens is 2. The third-order valence-electron chi connectivity index (χ3n) is 6.74. The molecule has 1 aromatic heterocycles. The number of likely N-dealkylation sites (tertiary alicyclic amines) is 2. The number of rotatable bonds is 6. The zero-order valence-corrected chi connectivity index (χ0v) is 23.0. The molecule has 1 aromatic carbocycles. The molecule has 1 atom stereocenters. The molecule has 2 fully saturated rings. The molecule has 0 aliphatic carbocycles. The lowest BCUT2D eigenvalue weighted by Gasteiger charge is -2.41. The van der Waals surface area contributed by atoms with Crippen LogP contribution in [0.5, 0.6) is 5.75 Å². The molecule has 0 saturated carbocycles. The average molecular weight is 565 g/mol. The first kappa shape index (κ1) is 29.4. The number of aryl methyl sites for hydroxylation is 1. The molecule has 2 aromatic rings. The molecule has 13 heteroatoms. The molecular weight excluding hydrogens is 529 g/mol. The van der Waals surface area contributed by atoms with Gasteiger partial charge in [-0.3, -0.25) is 9.69 Å². The van der Waals surface area contributed by atoms with Crippen LogP contribution in [-0.2, 0) is 15.7 Å². The van der Waals surface area contributed by atoms with E-state index in [1.807, 2.05) is 0 Å². The second kappa shape index (κ2) is 11.5. The number of hydrogen-bond donors (Lipinski definition) is 3. The summed E-state index contributed by atoms with van der Waals surface area (Å²) in [7, 11) is 0. The van der Waals surface area contributed by atoms with Crippen molar-refractivity contribution in [1.82, 2.24) is 25.3 Å². The zero-order chi connectivity index (χ0) is 29.2. The van der Waals surface area contributed by atoms with Crippen LogP contribution in [0.3, 0.4) is 0 Å². The molecule has 218 valence electrons. The fourth-order valence-electron chi connectivity index (χ4n) is 4.80. The van der Waals surface area contributed by atoms with E-state index in [0.29, 0.717) is 42.8 Å². The van der Waals surface area contributed by atoms with E-state index in [1.165, 1.54) is 6.07 Å². The van der Waals surface area contributed by atoms with E-state index >= 15 is 0 Å². The molecule has 10 nitrogen and oxygen atoms in total. The molecule has 0 radical (unpaired) electrons. The van der Waals surface area contributed by atoms with Gasteiger partial charge in [0, 0.05) is 31.2 Å². The number of phenolic OH excluding ortho intramolecular Hbond substituents is 1. The molecule has 2 saturated heterocycles. The van der Waals surface area contributed by atoms with Crippen LogP contribution >= 0.6 is 0 Å². The van der Waals surface area contributed by atoms with E-state index in [4.69, 9.17) is 4.74 Å². The second-order valence-electron chi connectivity index (χ2n) is 11.4. The van der Waals surface area contributed by atoms with Crippen molar-refractivity contribution >= 4 is 17.8 Å². The maximum Gasteiger partial charge on any atom is 0.416 e. The van der Waals surface area contributed by atoms with Gasteiger partial charge in [-0.2, -0.15) is 13.2 Å². The smallest absolute Gasteiger partial charge is 0.416 e. The lowest BCUT2D eigenvalue weighted by Crippen LogP contribution is -2.63. The predicted molar refractivity (Wildman–Crippen MR) is 142 cm³/mol. The molecule has 4 rings (SSSR count). The fourth-order valence-corrected chi connectivity index (χ4v) is 4.80. The molecule has 2 aliphatic rings. The summed E-state index contributed by atoms with van der Waals surface area (Å²) in [6, 6.07) is 4.41. The summed E-state index contributed by atoms with van der Waals surface area (Å²) in [4.78, 5) is 28.4. The Morgan fingerprint density at radius 2 is 1.82 bits per heavy atom. The van der Waals surface area contributed by atoms with Crippen LogP contribution in [0, 0.1) is 6.92 Å². The number of aromatic hydroxyl groups is 1. The van der Waals surface area contributed by atoms with Gasteiger partial charge in [-0.15, -0.1) is 10.2 Å². The van der Waals surface area contributed by atoms with Gasteiger partial charge in [-0.25, -0.2) is 4.79 Å². The summed E-state index contributed by atoms with van der Waals surface area (Å²) in [5, 5.41) is 24.6. The number of anilines is 1. The Balaban J connectivity index is 1.28. The highest BCUT2D eigenvalue weighted by Crippen LogP contribution is 2.37. The maximum atomic E-state index is 12.9. The van der Waals surface area contributed by atoms with Crippen molar-refractivity contribution in [3.63, 3.8) is 0 Å². The van der Waals surface area contributed by atoms with Crippen LogP contribution in [0.25, 0.3) is 11.3 Å². The summed E-state index contributed by atoms with van der Waals surface area (Å²) < 4.78 is 44.0. The number of hydrogen-bond acceptors (Lipinski definition) is 8. The summed E-state index contributed by atoms with van der Waals surface area (Å²) >= 11 is 0. The van der Waals surface area contributed by atoms with Crippen LogP contribution < -0.4 is 10.6 Å². The van der Waals surface area contributed by atoms with E-state index < -0.39 is 29.2 Å². The number of amides is 2. The Hall–Kier alpha value is -3.61. The average Bonchev–Trinajstić information content (AvgIpc) is 2.80. The molecule has 0 bridgehead atoms. The van der Waals surface area contributed by atoms with Crippen molar-refractivity contribution in [1.29, 1.82) is 0 Å². The van der Waals surface area contributed by atoms with Gasteiger partial charge in [-0.1, -0.05) is 0 Å². The van der Waals surface area contributed by atoms with Gasteiger partial charge < -0.3 is 25.4 Å². The van der Waals surface area contributed by atoms with Crippen molar-refractivity contribution in [2.75, 3.05) is 38.0 Å². The van der Waals surface area contributed by atoms with E-state index in [2.05, 4.69) is 25.7 Å². The topological polar surface area (TPSA) is 120 Å². The van der Waals surface area contributed by atoms with E-state index in [-0.39, 0.29) is 30.1 Å². The number of benzene rings is 1. The SMILES string of the molecule is Cc1cc(N[C@@H]2CCCN(CC(=O)N3CC(NC(=O)OC(C)(C)C)C3)C2)nnc1-c1ccc(C(F)(F)F)cc1O. The Kier molecular flexibility index (Phi) is 8.43. The Morgan fingerprint density at radius 1 is 1.10 bits per heavy atom. The first-order chi connectivity index (χ1) is 18.7. The molecule has 2 amide bonds. The second-order valence-corrected chi connectivity index (χ2v) is 11.4. The number of nitrogens with zero attached hydrogens (tertiary/aromatic N) is 4. The highest BCUT2D eigenvalue weighted by atomic mass is 19.4. The van der Waals surface area contributed by atoms with Crippen molar-refractivity contribution in [3.8, 4) is 17.0 Å². The van der Waals surface area contributed by atoms with Gasteiger partial charge in [-0.05, 0) is 76.9 Å². The van der Waals surface area contributed by atoms with Crippen molar-refractivity contribution in [2.24, 2.45) is 0 Å². The zero-order valence-electron chi connectivity index (χ0n) is 23.0. The summed E-state index contributed by atoms with van der Waals surface area (Å²) in [6.45, 7) is 9.71. The maximum absolute atomic E-state index is 12.9. The van der Waals surface area contributed by atoms with Gasteiger partial charge in [0.1, 0.15) is 17.2 Å². The van der Waals surface area contributed by atoms with Crippen LogP contribution in [0.4, 0.5) is 23.8 Å². The van der Waals surface area contributed by atoms with E-state index in [9.17, 15) is 27.9 Å². The molecule has 0 spiro atoms. The normalized spacial score (nSPS) is 18.7. The van der Waals surface area contributed by atoms with Gasteiger partial charge in [0.15, 0.2) is 0 Å². The summed E-state index contributed by atoms with van der Waals surface area (Å²) in [6.07, 6.45) is -3.28. The van der Waals surface area contributed by atoms with Gasteiger partial charge in [0.05, 0.1) is 23.8 Å². The number of nitrogens with one attached hydrogen (secondary N) is 2. The van der Waals surface area contributed by atoms with Crippen LogP contribution in [0.2, 0.25) is 0 Å². The Labute approximate surface area is 230 Å². The highest BCUT2D eigenvalue weighted by Gasteiger charge is 2.34. The van der Waals surface area contributed by atoms with Crippen LogP contribution in [0.1, 0.15) is 44.7 Å². The number of carbonyl (C=O) groups excluding carboxylic acids is 2. The molecular formula is C27H35F3N6O4. The van der Waals surface area contributed by atoms with E-state index in [0.717, 1.165) is 25.5 Å². The van der Waals surface area contributed by atoms with Crippen LogP contribution in [0.15, 0.2) is 24.3 Å². The number of ether oxygens (including phenoxy) is 1. The highest BCUT2D eigenvalue weighted by molar-refractivity contribution is 5.79. The van der Waals surface area contributed by atoms with Crippen molar-refractivity contribution < 1.29 is 32.6 Å². The van der Waals surface area contributed by atoms with Gasteiger partial charge in [0.2, 0.25) is 5.91 Å². The summed E-state index contributed by atoms with van der Waals surface area (Å²) in [5.74, 6) is -0.0153. The molecule has 3 N–H and O–H groups in total. The number of phenols is 1. The monoisotopic (exact) mass is 564 g/mol. The fraction of sp³-hybridized carbons (Fsp3) is 0.556. The number of alkyl carbamates (subject to hydrolysis) is 1. The largest absolute Gasteiger partial charge is 0.507 e. The van der Waals surface area contributed by atoms with Crippen LogP contribution in [-0.4, -0.2) is 87.5 Å². The molecule has 2 aliphatic heterocycles. The Morgan fingerprint density at radius 3 is 2.45 bits per heavy atom. The van der Waals surface area contributed by atoms with E-state index in [1.54, 1.807) is 38.7 Å². The molecule has 3 heterocycles. The number of carbonyl (C=O) groups is 2. The molecule has 0 unspecified atom stereocenters. The number of alkyl halides is 3. The van der Waals surface area contributed by atoms with Crippen molar-refractivity contribution in [2.45, 2.75) is 64.4 Å². The standard InChI is InChI=1S/C27H35F3N6O4/c1-16-10-22(33-34-24(16)20-8-7-17(11-21(20)37)27(28,29)30)31-18-6-5-9-35(12-18)15-23(38)36-13-19(14-36)32-25(39)40-26(2,3)4/h7-8,10-11,18-19,37H,5-6,9,12-15H2,1-4H3,(H,31,33)(H,32,39)/t18-/m1/s1. The predicted octanol–water partition coefficient (Wildman–Crippen LogP) is 3.79. The minimum Gasteiger partial charge on any atom is -0.507 e. The van der Waals surface area contributed by atoms with Gasteiger partial charge >= 0.3 is 12.3 Å². The van der Waals surface area contributed by atoms with Crippen molar-refractivity contribution in [3.05, 3.63) is 35.4 Å². The lowest BCUT2D eigenvalue weighted by atomic mass is 10.0. The first-order valence-corrected chi connectivity index (χ1v) is 13.2. The molecule has 40 heavy (non-hydrogen) atoms. The number of piperidine rings is 1. The Bertz CT molecular complexity index is 1240. The number of halogens is 3. The minimum atomic E-state index is -4.56. The lowest BCUT2D eigenvalue weighted by molar-refractivity contribution is -0.138. The quantitative estimate of drug-likeness (QED) is 0.485.